The highest BCUT2D eigenvalue weighted by Gasteiger charge is 2.44. The normalized spacial score (nSPS) is 27.1. The molecule has 6 nitrogen and oxygen atoms in total. The lowest BCUT2D eigenvalue weighted by molar-refractivity contribution is -0.0317. The molecule has 0 N–H and O–H groups in total. The Kier molecular flexibility index (Phi) is 5.71. The second-order valence-corrected chi connectivity index (χ2v) is 8.60. The third kappa shape index (κ3) is 4.02. The summed E-state index contributed by atoms with van der Waals surface area (Å²) in [7, 11) is 1.66. The lowest BCUT2D eigenvalue weighted by atomic mass is 9.88. The molecule has 0 aliphatic carbocycles. The molecule has 3 aliphatic heterocycles. The van der Waals surface area contributed by atoms with Crippen LogP contribution in [0, 0.1) is 6.92 Å². The van der Waals surface area contributed by atoms with E-state index >= 15 is 0 Å². The van der Waals surface area contributed by atoms with Crippen molar-refractivity contribution in [1.29, 1.82) is 0 Å². The molecule has 0 radical (unpaired) electrons. The molecule has 3 saturated heterocycles. The maximum Gasteiger partial charge on any atom is 0.213 e. The molecule has 7 heteroatoms. The molecular weight excluding hydrogens is 350 g/mol. The summed E-state index contributed by atoms with van der Waals surface area (Å²) in [5.74, 6) is 0.679. The third-order valence-corrected chi connectivity index (χ3v) is 7.09. The summed E-state index contributed by atoms with van der Waals surface area (Å²) in [5, 5.41) is 0. The van der Waals surface area contributed by atoms with Gasteiger partial charge in [-0.25, -0.2) is 9.29 Å². The van der Waals surface area contributed by atoms with Gasteiger partial charge in [-0.1, -0.05) is 0 Å². The van der Waals surface area contributed by atoms with Gasteiger partial charge in [0.25, 0.3) is 0 Å². The number of piperidine rings is 1. The van der Waals surface area contributed by atoms with Crippen LogP contribution in [-0.4, -0.2) is 78.9 Å². The van der Waals surface area contributed by atoms with Gasteiger partial charge in [0.05, 0.1) is 38.2 Å². The minimum atomic E-state index is 0.0905. The summed E-state index contributed by atoms with van der Waals surface area (Å²) in [5.41, 5.74) is 1.12. The summed E-state index contributed by atoms with van der Waals surface area (Å²) in [6, 6.07) is 4.62. The third-order valence-electron chi connectivity index (χ3n) is 5.83. The molecule has 1 unspecified atom stereocenters. The largest absolute Gasteiger partial charge is 0.481 e. The molecule has 1 aromatic rings. The first-order chi connectivity index (χ1) is 12.7. The standard InChI is InChI=1S/C19H29N3O3S/c1-15-17(3-4-18(20-15)23-2)26-22-7-5-19(6-8-22)13-16(14-25-19)21-9-11-24-12-10-21/h3-4,16H,5-14H2,1-2H3. The Morgan fingerprint density at radius 3 is 2.65 bits per heavy atom. The highest BCUT2D eigenvalue weighted by atomic mass is 32.2. The topological polar surface area (TPSA) is 47.1 Å². The molecule has 1 aromatic heterocycles. The van der Waals surface area contributed by atoms with Gasteiger partial charge in [0.1, 0.15) is 0 Å². The van der Waals surface area contributed by atoms with Gasteiger partial charge in [-0.15, -0.1) is 0 Å². The molecule has 0 bridgehead atoms. The van der Waals surface area contributed by atoms with Crippen molar-refractivity contribution in [2.24, 2.45) is 0 Å². The fraction of sp³-hybridized carbons (Fsp3) is 0.737. The Bertz CT molecular complexity index is 616. The number of hydrogen-bond donors (Lipinski definition) is 0. The van der Waals surface area contributed by atoms with E-state index in [1.807, 2.05) is 24.9 Å². The molecule has 144 valence electrons. The number of rotatable bonds is 4. The Balaban J connectivity index is 1.30. The second-order valence-electron chi connectivity index (χ2n) is 7.46. The Morgan fingerprint density at radius 2 is 1.96 bits per heavy atom. The van der Waals surface area contributed by atoms with Crippen molar-refractivity contribution in [1.82, 2.24) is 14.2 Å². The van der Waals surface area contributed by atoms with Crippen molar-refractivity contribution < 1.29 is 14.2 Å². The summed E-state index contributed by atoms with van der Waals surface area (Å²) < 4.78 is 19.5. The predicted octanol–water partition coefficient (Wildman–Crippen LogP) is 2.36. The first-order valence-electron chi connectivity index (χ1n) is 9.58. The first kappa shape index (κ1) is 18.5. The molecule has 0 saturated carbocycles. The highest BCUT2D eigenvalue weighted by molar-refractivity contribution is 7.97. The molecule has 3 aliphatic rings. The number of pyridine rings is 1. The number of nitrogens with zero attached hydrogens (tertiary/aromatic N) is 3. The number of hydrogen-bond acceptors (Lipinski definition) is 7. The number of morpholine rings is 1. The van der Waals surface area contributed by atoms with E-state index in [4.69, 9.17) is 14.2 Å². The van der Waals surface area contributed by atoms with Crippen LogP contribution in [0.1, 0.15) is 25.0 Å². The summed E-state index contributed by atoms with van der Waals surface area (Å²) in [6.07, 6.45) is 3.40. The average Bonchev–Trinajstić information content (AvgIpc) is 3.10. The van der Waals surface area contributed by atoms with Crippen molar-refractivity contribution >= 4 is 11.9 Å². The van der Waals surface area contributed by atoms with Crippen LogP contribution in [0.3, 0.4) is 0 Å². The van der Waals surface area contributed by atoms with Gasteiger partial charge in [-0.05, 0) is 44.2 Å². The van der Waals surface area contributed by atoms with Crippen molar-refractivity contribution in [2.75, 3.05) is 53.1 Å². The monoisotopic (exact) mass is 379 g/mol. The molecule has 1 spiro atoms. The fourth-order valence-corrected chi connectivity index (χ4v) is 5.16. The van der Waals surface area contributed by atoms with E-state index in [9.17, 15) is 0 Å². The SMILES string of the molecule is COc1ccc(SN2CCC3(CC2)CC(N2CCOCC2)CO3)c(C)n1. The number of methoxy groups -OCH3 is 1. The molecule has 0 amide bonds. The summed E-state index contributed by atoms with van der Waals surface area (Å²) >= 11 is 1.81. The van der Waals surface area contributed by atoms with Gasteiger partial charge in [0.15, 0.2) is 0 Å². The van der Waals surface area contributed by atoms with E-state index in [0.29, 0.717) is 11.9 Å². The minimum Gasteiger partial charge on any atom is -0.481 e. The van der Waals surface area contributed by atoms with Crippen molar-refractivity contribution in [3.8, 4) is 5.88 Å². The van der Waals surface area contributed by atoms with Gasteiger partial charge in [0.2, 0.25) is 5.88 Å². The van der Waals surface area contributed by atoms with Crippen molar-refractivity contribution in [3.05, 3.63) is 17.8 Å². The Hall–Kier alpha value is -0.860. The maximum absolute atomic E-state index is 6.35. The van der Waals surface area contributed by atoms with Crippen molar-refractivity contribution in [3.63, 3.8) is 0 Å². The Morgan fingerprint density at radius 1 is 1.19 bits per heavy atom. The van der Waals surface area contributed by atoms with Gasteiger partial charge < -0.3 is 14.2 Å². The zero-order chi connectivity index (χ0) is 18.0. The average molecular weight is 380 g/mol. The smallest absolute Gasteiger partial charge is 0.213 e. The second kappa shape index (κ2) is 8.02. The van der Waals surface area contributed by atoms with Crippen LogP contribution in [0.15, 0.2) is 17.0 Å². The molecule has 4 heterocycles. The van der Waals surface area contributed by atoms with Crippen LogP contribution < -0.4 is 4.74 Å². The predicted molar refractivity (Wildman–Crippen MR) is 102 cm³/mol. The quantitative estimate of drug-likeness (QED) is 0.744. The Labute approximate surface area is 160 Å². The number of ether oxygens (including phenoxy) is 3. The zero-order valence-corrected chi connectivity index (χ0v) is 16.6. The van der Waals surface area contributed by atoms with E-state index in [2.05, 4.69) is 20.3 Å². The van der Waals surface area contributed by atoms with E-state index in [0.717, 1.165) is 64.5 Å². The zero-order valence-electron chi connectivity index (χ0n) is 15.8. The van der Waals surface area contributed by atoms with Crippen LogP contribution in [0.5, 0.6) is 5.88 Å². The van der Waals surface area contributed by atoms with Gasteiger partial charge in [0, 0.05) is 43.2 Å². The summed E-state index contributed by atoms with van der Waals surface area (Å²) in [6.45, 7) is 8.88. The molecule has 0 aromatic carbocycles. The molecule has 3 fully saturated rings. The lowest BCUT2D eigenvalue weighted by Crippen LogP contribution is -2.46. The van der Waals surface area contributed by atoms with E-state index in [1.165, 1.54) is 11.3 Å². The van der Waals surface area contributed by atoms with E-state index in [-0.39, 0.29) is 5.60 Å². The van der Waals surface area contributed by atoms with Crippen LogP contribution in [0.2, 0.25) is 0 Å². The molecule has 1 atom stereocenters. The van der Waals surface area contributed by atoms with Crippen LogP contribution >= 0.6 is 11.9 Å². The number of aryl methyl sites for hydroxylation is 1. The lowest BCUT2D eigenvalue weighted by Gasteiger charge is -2.38. The van der Waals surface area contributed by atoms with Crippen LogP contribution in [-0.2, 0) is 9.47 Å². The van der Waals surface area contributed by atoms with Crippen molar-refractivity contribution in [2.45, 2.75) is 42.7 Å². The molecular formula is C19H29N3O3S. The highest BCUT2D eigenvalue weighted by Crippen LogP contribution is 2.40. The molecule has 26 heavy (non-hydrogen) atoms. The van der Waals surface area contributed by atoms with Gasteiger partial charge >= 0.3 is 0 Å². The molecule has 4 rings (SSSR count). The van der Waals surface area contributed by atoms with Gasteiger partial charge in [-0.2, -0.15) is 0 Å². The summed E-state index contributed by atoms with van der Waals surface area (Å²) in [4.78, 5) is 8.25. The number of aromatic nitrogens is 1. The fourth-order valence-electron chi connectivity index (χ4n) is 4.21. The van der Waals surface area contributed by atoms with E-state index < -0.39 is 0 Å². The minimum absolute atomic E-state index is 0.0905. The van der Waals surface area contributed by atoms with E-state index in [1.54, 1.807) is 7.11 Å². The maximum atomic E-state index is 6.35. The first-order valence-corrected chi connectivity index (χ1v) is 10.4. The van der Waals surface area contributed by atoms with Gasteiger partial charge in [-0.3, -0.25) is 4.90 Å². The van der Waals surface area contributed by atoms with Crippen LogP contribution in [0.4, 0.5) is 0 Å². The van der Waals surface area contributed by atoms with Crippen LogP contribution in [0.25, 0.3) is 0 Å².